The Morgan fingerprint density at radius 2 is 1.51 bits per heavy atom. The van der Waals surface area contributed by atoms with Crippen molar-refractivity contribution in [2.24, 2.45) is 0 Å². The highest BCUT2D eigenvalue weighted by atomic mass is 35.5. The van der Waals surface area contributed by atoms with E-state index in [1.807, 2.05) is 36.4 Å². The van der Waals surface area contributed by atoms with Gasteiger partial charge in [-0.3, -0.25) is 5.32 Å². The summed E-state index contributed by atoms with van der Waals surface area (Å²) in [4.78, 5) is 23.0. The molecule has 0 aliphatic heterocycles. The van der Waals surface area contributed by atoms with Crippen molar-refractivity contribution in [1.82, 2.24) is 14.9 Å². The molecule has 0 saturated heterocycles. The van der Waals surface area contributed by atoms with Crippen LogP contribution in [0.5, 0.6) is 0 Å². The maximum Gasteiger partial charge on any atom is 0.413 e. The highest BCUT2D eigenvalue weighted by Crippen LogP contribution is 2.34. The third kappa shape index (κ3) is 8.38. The topological polar surface area (TPSA) is 70.2 Å². The van der Waals surface area contributed by atoms with Gasteiger partial charge in [0.05, 0.1) is 18.1 Å². The average molecular weight is 611 g/mol. The van der Waals surface area contributed by atoms with Gasteiger partial charge in [0, 0.05) is 16.3 Å². The van der Waals surface area contributed by atoms with Gasteiger partial charge in [-0.2, -0.15) is 0 Å². The number of rotatable bonds is 6. The van der Waals surface area contributed by atoms with Crippen LogP contribution >= 0.6 is 24.2 Å². The average Bonchev–Trinajstić information content (AvgIpc) is 3.33. The number of nitrogens with one attached hydrogen (secondary N) is 2. The zero-order valence-corrected chi connectivity index (χ0v) is 26.0. The van der Waals surface area contributed by atoms with Crippen LogP contribution < -0.4 is 5.32 Å². The number of imidazole rings is 1. The first-order valence-electron chi connectivity index (χ1n) is 13.8. The highest BCUT2D eigenvalue weighted by molar-refractivity contribution is 7.99. The van der Waals surface area contributed by atoms with E-state index in [0.717, 1.165) is 28.9 Å². The van der Waals surface area contributed by atoms with Crippen LogP contribution in [0.3, 0.4) is 0 Å². The summed E-state index contributed by atoms with van der Waals surface area (Å²) >= 11 is 1.67. The Morgan fingerprint density at radius 3 is 2.14 bits per heavy atom. The van der Waals surface area contributed by atoms with E-state index in [1.54, 1.807) is 11.8 Å². The van der Waals surface area contributed by atoms with Gasteiger partial charge in [-0.05, 0) is 78.7 Å². The zero-order valence-electron chi connectivity index (χ0n) is 24.4. The van der Waals surface area contributed by atoms with Gasteiger partial charge in [0.2, 0.25) is 5.95 Å². The third-order valence-corrected chi connectivity index (χ3v) is 7.70. The molecule has 0 atom stereocenters. The first-order valence-corrected chi connectivity index (χ1v) is 14.6. The minimum Gasteiger partial charge on any atom is -0.453 e. The quantitative estimate of drug-likeness (QED) is 0.197. The summed E-state index contributed by atoms with van der Waals surface area (Å²) in [6.45, 7) is 1.07. The number of carbonyl (C=O) groups excluding carboxylic acids is 1. The van der Waals surface area contributed by atoms with Gasteiger partial charge < -0.3 is 14.6 Å². The van der Waals surface area contributed by atoms with E-state index in [9.17, 15) is 4.79 Å². The van der Waals surface area contributed by atoms with Crippen LogP contribution in [0.1, 0.15) is 28.7 Å². The molecule has 220 valence electrons. The monoisotopic (exact) mass is 610 g/mol. The molecular weight excluding hydrogens is 576 g/mol. The number of amides is 1. The highest BCUT2D eigenvalue weighted by Gasteiger charge is 2.14. The molecule has 0 bridgehead atoms. The van der Waals surface area contributed by atoms with Gasteiger partial charge in [0.15, 0.2) is 0 Å². The van der Waals surface area contributed by atoms with E-state index in [4.69, 9.17) is 0 Å². The fourth-order valence-electron chi connectivity index (χ4n) is 4.67. The number of H-pyrrole nitrogens is 1. The standard InChI is InChI=1S/C20H21N.C15H13N3O2S.ClH/c1-21(2)15-7-12-20-18-10-5-3-8-16(18)13-14-17-9-4-6-11-19(17)20;1-20-15(19)18-14-16-12-8-7-11(9-13(12)17-14)21-10-5-3-2-4-6-10;/h3-6,8-14H,7,15H2,1-2H3;2-9H,1H3,(H2,16,17,18,19);1H. The number of carbonyl (C=O) groups is 1. The van der Waals surface area contributed by atoms with Crippen LogP contribution in [0.2, 0.25) is 0 Å². The van der Waals surface area contributed by atoms with Crippen molar-refractivity contribution in [3.8, 4) is 0 Å². The third-order valence-electron chi connectivity index (χ3n) is 6.71. The van der Waals surface area contributed by atoms with Gasteiger partial charge in [-0.15, -0.1) is 12.4 Å². The number of hydrogen-bond donors (Lipinski definition) is 2. The molecule has 6 rings (SSSR count). The number of hydrogen-bond acceptors (Lipinski definition) is 5. The lowest BCUT2D eigenvalue weighted by molar-refractivity contribution is 0.186. The SMILES string of the molecule is CN(C)CCC=C1c2ccccc2C=Cc2ccccc21.COC(=O)Nc1nc2ccc(Sc3ccccc3)cc2[nH]1.Cl. The van der Waals surface area contributed by atoms with Gasteiger partial charge in [0.1, 0.15) is 0 Å². The number of methoxy groups -OCH3 is 1. The van der Waals surface area contributed by atoms with Crippen molar-refractivity contribution in [3.05, 3.63) is 125 Å². The van der Waals surface area contributed by atoms with E-state index in [2.05, 4.69) is 118 Å². The summed E-state index contributed by atoms with van der Waals surface area (Å²) in [7, 11) is 5.55. The molecule has 8 heteroatoms. The summed E-state index contributed by atoms with van der Waals surface area (Å²) in [6, 6.07) is 33.4. The van der Waals surface area contributed by atoms with E-state index in [-0.39, 0.29) is 12.4 Å². The molecular formula is C35H35ClN4O2S. The summed E-state index contributed by atoms with van der Waals surface area (Å²) in [5.74, 6) is 0.374. The van der Waals surface area contributed by atoms with E-state index < -0.39 is 6.09 Å². The Labute approximate surface area is 263 Å². The first-order chi connectivity index (χ1) is 20.5. The zero-order chi connectivity index (χ0) is 29.3. The molecule has 6 nitrogen and oxygen atoms in total. The van der Waals surface area contributed by atoms with Crippen molar-refractivity contribution < 1.29 is 9.53 Å². The molecule has 0 saturated carbocycles. The number of aromatic amines is 1. The largest absolute Gasteiger partial charge is 0.453 e. The Kier molecular flexibility index (Phi) is 11.2. The van der Waals surface area contributed by atoms with Crippen LogP contribution in [0.4, 0.5) is 10.7 Å². The maximum absolute atomic E-state index is 11.2. The Balaban J connectivity index is 0.000000192. The van der Waals surface area contributed by atoms with E-state index in [1.165, 1.54) is 39.8 Å². The molecule has 43 heavy (non-hydrogen) atoms. The number of anilines is 1. The van der Waals surface area contributed by atoms with E-state index >= 15 is 0 Å². The lowest BCUT2D eigenvalue weighted by Crippen LogP contribution is -2.12. The molecule has 1 amide bonds. The first kappa shape index (κ1) is 31.6. The minimum absolute atomic E-state index is 0. The predicted octanol–water partition coefficient (Wildman–Crippen LogP) is 8.87. The maximum atomic E-state index is 11.2. The molecule has 0 unspecified atom stereocenters. The second kappa shape index (κ2) is 15.3. The number of halogens is 1. The lowest BCUT2D eigenvalue weighted by atomic mass is 9.93. The van der Waals surface area contributed by atoms with Crippen LogP contribution in [-0.4, -0.2) is 48.7 Å². The molecule has 4 aromatic carbocycles. The van der Waals surface area contributed by atoms with Crippen molar-refractivity contribution in [1.29, 1.82) is 0 Å². The summed E-state index contributed by atoms with van der Waals surface area (Å²) in [5, 5.41) is 2.52. The Morgan fingerprint density at radius 1 is 0.884 bits per heavy atom. The summed E-state index contributed by atoms with van der Waals surface area (Å²) in [6.07, 6.45) is 7.34. The Hall–Kier alpha value is -4.30. The van der Waals surface area contributed by atoms with Gasteiger partial charge in [-0.1, -0.05) is 96.7 Å². The number of benzene rings is 4. The minimum atomic E-state index is -0.548. The number of ether oxygens (including phenoxy) is 1. The molecule has 0 fully saturated rings. The predicted molar refractivity (Wildman–Crippen MR) is 182 cm³/mol. The fraction of sp³-hybridized carbons (Fsp3) is 0.143. The molecule has 1 heterocycles. The second-order valence-electron chi connectivity index (χ2n) is 10.0. The molecule has 1 aromatic heterocycles. The van der Waals surface area contributed by atoms with Crippen molar-refractivity contribution in [2.45, 2.75) is 16.2 Å². The smallest absolute Gasteiger partial charge is 0.413 e. The molecule has 0 spiro atoms. The fourth-order valence-corrected chi connectivity index (χ4v) is 5.55. The van der Waals surface area contributed by atoms with Gasteiger partial charge in [0.25, 0.3) is 0 Å². The van der Waals surface area contributed by atoms with Crippen LogP contribution in [0.15, 0.2) is 113 Å². The van der Waals surface area contributed by atoms with Gasteiger partial charge >= 0.3 is 6.09 Å². The summed E-state index contributed by atoms with van der Waals surface area (Å²) < 4.78 is 4.54. The van der Waals surface area contributed by atoms with Gasteiger partial charge in [-0.25, -0.2) is 9.78 Å². The summed E-state index contributed by atoms with van der Waals surface area (Å²) in [5.41, 5.74) is 8.26. The Bertz CT molecular complexity index is 1680. The molecule has 1 aliphatic rings. The molecule has 5 aromatic rings. The van der Waals surface area contributed by atoms with Crippen molar-refractivity contribution in [2.75, 3.05) is 33.1 Å². The van der Waals surface area contributed by atoms with E-state index in [0.29, 0.717) is 5.95 Å². The van der Waals surface area contributed by atoms with Crippen molar-refractivity contribution in [3.63, 3.8) is 0 Å². The molecule has 0 radical (unpaired) electrons. The lowest BCUT2D eigenvalue weighted by Gasteiger charge is -2.13. The van der Waals surface area contributed by atoms with Crippen molar-refractivity contribution >= 4 is 65.0 Å². The molecule has 2 N–H and O–H groups in total. The van der Waals surface area contributed by atoms with Crippen LogP contribution in [-0.2, 0) is 4.74 Å². The number of nitrogens with zero attached hydrogens (tertiary/aromatic N) is 2. The van der Waals surface area contributed by atoms with Crippen LogP contribution in [0, 0.1) is 0 Å². The second-order valence-corrected chi connectivity index (χ2v) is 11.2. The number of aromatic nitrogens is 2. The molecule has 1 aliphatic carbocycles. The normalized spacial score (nSPS) is 11.4. The number of fused-ring (bicyclic) bond motifs is 3. The van der Waals surface area contributed by atoms with Crippen LogP contribution in [0.25, 0.3) is 28.8 Å².